The molecular weight excluding hydrogens is 365 g/mol. The number of hydrogen-bond donors (Lipinski definition) is 0. The van der Waals surface area contributed by atoms with E-state index in [2.05, 4.69) is 4.90 Å². The van der Waals surface area contributed by atoms with Gasteiger partial charge >= 0.3 is 5.97 Å². The molecule has 0 aliphatic carbocycles. The number of carbonyl (C=O) groups is 1. The molecule has 7 heteroatoms. The summed E-state index contributed by atoms with van der Waals surface area (Å²) in [4.78, 5) is 14.1. The summed E-state index contributed by atoms with van der Waals surface area (Å²) < 4.78 is 36.7. The molecule has 0 N–H and O–H groups in total. The summed E-state index contributed by atoms with van der Waals surface area (Å²) in [5, 5.41) is 0. The highest BCUT2D eigenvalue weighted by Crippen LogP contribution is 2.59. The van der Waals surface area contributed by atoms with Crippen LogP contribution in [0.3, 0.4) is 0 Å². The summed E-state index contributed by atoms with van der Waals surface area (Å²) in [5.41, 5.74) is 3.77. The minimum absolute atomic E-state index is 0.0845. The van der Waals surface area contributed by atoms with E-state index in [0.29, 0.717) is 23.0 Å². The van der Waals surface area contributed by atoms with Crippen molar-refractivity contribution in [1.82, 2.24) is 4.90 Å². The molecule has 0 spiro atoms. The van der Waals surface area contributed by atoms with Crippen molar-refractivity contribution in [2.24, 2.45) is 0 Å². The van der Waals surface area contributed by atoms with Crippen molar-refractivity contribution in [3.8, 4) is 28.4 Å². The summed E-state index contributed by atoms with van der Waals surface area (Å²) in [6.45, 7) is 0.869. The van der Waals surface area contributed by atoms with Crippen LogP contribution in [0.15, 0.2) is 36.1 Å². The lowest BCUT2D eigenvalue weighted by Gasteiger charge is -2.42. The van der Waals surface area contributed by atoms with Gasteiger partial charge in [0.15, 0.2) is 23.4 Å². The van der Waals surface area contributed by atoms with Crippen LogP contribution in [0.4, 0.5) is 4.39 Å². The first-order chi connectivity index (χ1) is 13.6. The number of ether oxygens (including phenoxy) is 4. The van der Waals surface area contributed by atoms with Crippen LogP contribution in [0, 0.1) is 5.82 Å². The Balaban J connectivity index is 1.65. The largest absolute Gasteiger partial charge is 0.453 e. The minimum atomic E-state index is -0.481. The van der Waals surface area contributed by atoms with Crippen molar-refractivity contribution in [3.05, 3.63) is 53.0 Å². The van der Waals surface area contributed by atoms with Gasteiger partial charge in [-0.25, -0.2) is 9.18 Å². The van der Waals surface area contributed by atoms with Gasteiger partial charge in [0.25, 0.3) is 0 Å². The highest BCUT2D eigenvalue weighted by molar-refractivity contribution is 5.88. The molecule has 6 nitrogen and oxygen atoms in total. The second-order valence-electron chi connectivity index (χ2n) is 7.35. The number of esters is 1. The van der Waals surface area contributed by atoms with Gasteiger partial charge in [0.2, 0.25) is 12.5 Å². The highest BCUT2D eigenvalue weighted by Gasteiger charge is 2.49. The molecule has 4 aliphatic rings. The van der Waals surface area contributed by atoms with Crippen molar-refractivity contribution in [2.75, 3.05) is 20.4 Å². The molecule has 0 aromatic heterocycles. The molecule has 0 bridgehead atoms. The zero-order valence-corrected chi connectivity index (χ0v) is 15.0. The zero-order valence-electron chi connectivity index (χ0n) is 15.0. The Morgan fingerprint density at radius 3 is 2.71 bits per heavy atom. The molecule has 0 radical (unpaired) electrons. The van der Waals surface area contributed by atoms with E-state index in [1.54, 1.807) is 12.1 Å². The molecule has 2 aromatic carbocycles. The molecule has 0 amide bonds. The molecule has 28 heavy (non-hydrogen) atoms. The topological polar surface area (TPSA) is 57.2 Å². The first-order valence-corrected chi connectivity index (χ1v) is 9.16. The Bertz CT molecular complexity index is 1060. The van der Waals surface area contributed by atoms with Crippen LogP contribution in [0.5, 0.6) is 17.2 Å². The van der Waals surface area contributed by atoms with E-state index in [-0.39, 0.29) is 18.7 Å². The van der Waals surface area contributed by atoms with E-state index in [1.165, 1.54) is 18.2 Å². The van der Waals surface area contributed by atoms with Crippen molar-refractivity contribution < 1.29 is 28.1 Å². The van der Waals surface area contributed by atoms with Crippen LogP contribution >= 0.6 is 0 Å². The maximum Gasteiger partial charge on any atom is 0.335 e. The van der Waals surface area contributed by atoms with Gasteiger partial charge in [-0.1, -0.05) is 12.1 Å². The first-order valence-electron chi connectivity index (χ1n) is 9.16. The summed E-state index contributed by atoms with van der Waals surface area (Å²) >= 11 is 0. The fourth-order valence-corrected chi connectivity index (χ4v) is 4.63. The first kappa shape index (κ1) is 15.9. The lowest BCUT2D eigenvalue weighted by molar-refractivity contribution is -0.142. The Labute approximate surface area is 160 Å². The van der Waals surface area contributed by atoms with E-state index >= 15 is 0 Å². The quantitative estimate of drug-likeness (QED) is 0.708. The van der Waals surface area contributed by atoms with Gasteiger partial charge in [0, 0.05) is 17.7 Å². The standard InChI is InChI=1S/C21H16FNO5/c1-23-7-6-12-15(10-2-4-11(22)5-3-10)19-21(26-9-25-19)20-16(12)17(23)18-13(27-20)8-14(24)28-18/h2-5,8,17-18H,6-7,9H2,1H3. The van der Waals surface area contributed by atoms with E-state index < -0.39 is 12.1 Å². The maximum absolute atomic E-state index is 13.5. The van der Waals surface area contributed by atoms with Crippen molar-refractivity contribution in [1.29, 1.82) is 0 Å². The fourth-order valence-electron chi connectivity index (χ4n) is 4.63. The lowest BCUT2D eigenvalue weighted by atomic mass is 9.81. The monoisotopic (exact) mass is 381 g/mol. The number of rotatable bonds is 1. The van der Waals surface area contributed by atoms with Crippen LogP contribution in [-0.2, 0) is 16.0 Å². The molecule has 4 heterocycles. The smallest absolute Gasteiger partial charge is 0.335 e. The normalized spacial score (nSPS) is 24.2. The molecule has 2 atom stereocenters. The summed E-state index contributed by atoms with van der Waals surface area (Å²) in [6, 6.07) is 6.19. The Morgan fingerprint density at radius 1 is 1.11 bits per heavy atom. The maximum atomic E-state index is 13.5. The second-order valence-corrected chi connectivity index (χ2v) is 7.35. The van der Waals surface area contributed by atoms with Crippen LogP contribution < -0.4 is 14.2 Å². The molecule has 0 saturated carbocycles. The SMILES string of the molecule is CN1CCc2c(-c3ccc(F)cc3)c3c(c4c2C1C1OC(=O)C=C1O4)OCO3. The Hall–Kier alpha value is -3.06. The predicted octanol–water partition coefficient (Wildman–Crippen LogP) is 2.95. The van der Waals surface area contributed by atoms with Gasteiger partial charge in [-0.3, -0.25) is 4.90 Å². The van der Waals surface area contributed by atoms with Gasteiger partial charge in [0.05, 0.1) is 12.1 Å². The number of likely N-dealkylation sites (N-methyl/N-ethyl adjacent to an activating group) is 1. The third kappa shape index (κ3) is 2.02. The summed E-state index contributed by atoms with van der Waals surface area (Å²) in [7, 11) is 2.01. The molecular formula is C21H16FNO5. The van der Waals surface area contributed by atoms with Crippen molar-refractivity contribution in [3.63, 3.8) is 0 Å². The van der Waals surface area contributed by atoms with E-state index in [0.717, 1.165) is 35.2 Å². The molecule has 0 saturated heterocycles. The molecule has 2 unspecified atom stereocenters. The zero-order chi connectivity index (χ0) is 19.0. The molecule has 6 rings (SSSR count). The van der Waals surface area contributed by atoms with Crippen LogP contribution in [-0.4, -0.2) is 37.4 Å². The number of hydrogen-bond acceptors (Lipinski definition) is 6. The van der Waals surface area contributed by atoms with E-state index in [9.17, 15) is 9.18 Å². The van der Waals surface area contributed by atoms with Gasteiger partial charge in [-0.15, -0.1) is 0 Å². The molecule has 0 fully saturated rings. The van der Waals surface area contributed by atoms with Crippen molar-refractivity contribution in [2.45, 2.75) is 18.6 Å². The number of benzene rings is 2. The summed E-state index contributed by atoms with van der Waals surface area (Å²) in [5.74, 6) is 1.52. The van der Waals surface area contributed by atoms with Gasteiger partial charge < -0.3 is 18.9 Å². The second kappa shape index (κ2) is 5.48. The predicted molar refractivity (Wildman–Crippen MR) is 95.6 cm³/mol. The van der Waals surface area contributed by atoms with Crippen LogP contribution in [0.1, 0.15) is 17.2 Å². The average Bonchev–Trinajstić information content (AvgIpc) is 3.30. The van der Waals surface area contributed by atoms with Crippen molar-refractivity contribution >= 4 is 5.97 Å². The number of halogens is 1. The molecule has 2 aromatic rings. The highest BCUT2D eigenvalue weighted by atomic mass is 19.1. The number of fused-ring (bicyclic) bond motifs is 4. The summed E-state index contributed by atoms with van der Waals surface area (Å²) in [6.07, 6.45) is 1.68. The Kier molecular flexibility index (Phi) is 3.12. The van der Waals surface area contributed by atoms with E-state index in [1.807, 2.05) is 7.05 Å². The minimum Gasteiger partial charge on any atom is -0.453 e. The third-order valence-corrected chi connectivity index (χ3v) is 5.83. The Morgan fingerprint density at radius 2 is 1.89 bits per heavy atom. The average molecular weight is 381 g/mol. The number of carbonyl (C=O) groups excluding carboxylic acids is 1. The fraction of sp³-hybridized carbons (Fsp3) is 0.286. The number of nitrogens with zero attached hydrogens (tertiary/aromatic N) is 1. The molecule has 4 aliphatic heterocycles. The van der Waals surface area contributed by atoms with Gasteiger partial charge in [-0.2, -0.15) is 0 Å². The lowest BCUT2D eigenvalue weighted by Crippen LogP contribution is -2.43. The molecule has 142 valence electrons. The van der Waals surface area contributed by atoms with Crippen LogP contribution in [0.25, 0.3) is 11.1 Å². The third-order valence-electron chi connectivity index (χ3n) is 5.83. The van der Waals surface area contributed by atoms with E-state index in [4.69, 9.17) is 18.9 Å². The van der Waals surface area contributed by atoms with Crippen LogP contribution in [0.2, 0.25) is 0 Å². The van der Waals surface area contributed by atoms with Gasteiger partial charge in [-0.05, 0) is 36.7 Å². The van der Waals surface area contributed by atoms with Gasteiger partial charge in [0.1, 0.15) is 5.82 Å².